The Morgan fingerprint density at radius 1 is 1.23 bits per heavy atom. The highest BCUT2D eigenvalue weighted by Crippen LogP contribution is 2.48. The monoisotopic (exact) mass is 555 g/mol. The summed E-state index contributed by atoms with van der Waals surface area (Å²) in [6.07, 6.45) is -6.21. The van der Waals surface area contributed by atoms with Crippen LogP contribution < -0.4 is 14.4 Å². The molecule has 0 fully saturated rings. The topological polar surface area (TPSA) is 141 Å². The number of benzene rings is 2. The molecule has 39 heavy (non-hydrogen) atoms. The number of aliphatic hydroxyl groups is 1. The van der Waals surface area contributed by atoms with E-state index in [4.69, 9.17) is 14.2 Å². The Morgan fingerprint density at radius 2 is 1.90 bits per heavy atom. The fourth-order valence-corrected chi connectivity index (χ4v) is 4.66. The van der Waals surface area contributed by atoms with Crippen molar-refractivity contribution in [3.63, 3.8) is 0 Å². The van der Waals surface area contributed by atoms with Gasteiger partial charge in [0.05, 0.1) is 16.2 Å². The highest BCUT2D eigenvalue weighted by Gasteiger charge is 2.55. The molecule has 2 aliphatic heterocycles. The zero-order chi connectivity index (χ0) is 28.6. The lowest BCUT2D eigenvalue weighted by molar-refractivity contribution is -0.923. The summed E-state index contributed by atoms with van der Waals surface area (Å²) in [6.45, 7) is 1.46. The Bertz CT molecular complexity index is 1260. The van der Waals surface area contributed by atoms with Gasteiger partial charge in [0, 0.05) is 37.6 Å². The van der Waals surface area contributed by atoms with E-state index >= 15 is 0 Å². The van der Waals surface area contributed by atoms with Crippen LogP contribution in [0.5, 0.6) is 11.5 Å². The third-order valence-corrected chi connectivity index (χ3v) is 6.39. The van der Waals surface area contributed by atoms with Gasteiger partial charge in [0.1, 0.15) is 24.7 Å². The van der Waals surface area contributed by atoms with E-state index in [0.29, 0.717) is 5.69 Å². The maximum absolute atomic E-state index is 12.8. The molecule has 210 valence electrons. The summed E-state index contributed by atoms with van der Waals surface area (Å²) in [7, 11) is 4.32. The predicted octanol–water partition coefficient (Wildman–Crippen LogP) is 3.90. The number of hydrogen-bond acceptors (Lipinski definition) is 11. The van der Waals surface area contributed by atoms with E-state index in [9.17, 15) is 28.4 Å². The predicted molar refractivity (Wildman–Crippen MR) is 129 cm³/mol. The molecule has 4 atom stereocenters. The van der Waals surface area contributed by atoms with Gasteiger partial charge in [-0.3, -0.25) is 10.1 Å². The van der Waals surface area contributed by atoms with Crippen molar-refractivity contribution in [2.45, 2.75) is 37.3 Å². The van der Waals surface area contributed by atoms with E-state index in [1.165, 1.54) is 50.9 Å². The summed E-state index contributed by atoms with van der Waals surface area (Å²) in [4.78, 5) is 12.6. The molecule has 0 amide bonds. The summed E-state index contributed by atoms with van der Waals surface area (Å²) < 4.78 is 58.9. The maximum Gasteiger partial charge on any atom is 0.573 e. The lowest BCUT2D eigenvalue weighted by atomic mass is 9.83. The Morgan fingerprint density at radius 3 is 2.44 bits per heavy atom. The molecular formula is C23H26F3N6O7+. The SMILES string of the molecule is COC(OC)[C@@]1(C)Oc2ccc([N+](=O)[O-])cc2[C@H](N(C[N+]2(C)N=CN=N2)c2ccc(OC(F)(F)F)cc2)[C@H]1O. The largest absolute Gasteiger partial charge is 0.573 e. The van der Waals surface area contributed by atoms with Crippen LogP contribution in [-0.2, 0) is 9.47 Å². The number of hydrogen-bond donors (Lipinski definition) is 1. The Kier molecular flexibility index (Phi) is 7.48. The van der Waals surface area contributed by atoms with Crippen LogP contribution in [0.3, 0.4) is 0 Å². The van der Waals surface area contributed by atoms with Crippen LogP contribution in [0.1, 0.15) is 18.5 Å². The summed E-state index contributed by atoms with van der Waals surface area (Å²) in [6, 6.07) is 7.75. The van der Waals surface area contributed by atoms with Gasteiger partial charge in [-0.15, -0.1) is 13.2 Å². The molecular weight excluding hydrogens is 529 g/mol. The number of fused-ring (bicyclic) bond motifs is 1. The highest BCUT2D eigenvalue weighted by molar-refractivity contribution is 5.57. The number of alkyl halides is 3. The third kappa shape index (κ3) is 5.63. The summed E-state index contributed by atoms with van der Waals surface area (Å²) in [5.41, 5.74) is -1.24. The van der Waals surface area contributed by atoms with Crippen molar-refractivity contribution in [1.82, 2.24) is 0 Å². The Labute approximate surface area is 220 Å². The molecule has 0 spiro atoms. The van der Waals surface area contributed by atoms with Crippen molar-refractivity contribution in [2.24, 2.45) is 15.4 Å². The molecule has 2 heterocycles. The average Bonchev–Trinajstić information content (AvgIpc) is 3.30. The molecule has 0 aliphatic carbocycles. The van der Waals surface area contributed by atoms with Crippen LogP contribution in [0.4, 0.5) is 24.5 Å². The van der Waals surface area contributed by atoms with Gasteiger partial charge in [-0.1, -0.05) is 5.11 Å². The van der Waals surface area contributed by atoms with Gasteiger partial charge in [0.15, 0.2) is 11.9 Å². The number of aliphatic hydroxyl groups excluding tert-OH is 1. The van der Waals surface area contributed by atoms with Crippen molar-refractivity contribution in [1.29, 1.82) is 0 Å². The fourth-order valence-electron chi connectivity index (χ4n) is 4.66. The number of nitro groups is 1. The smallest absolute Gasteiger partial charge is 0.479 e. The maximum atomic E-state index is 12.8. The van der Waals surface area contributed by atoms with E-state index in [0.717, 1.165) is 12.1 Å². The molecule has 2 aromatic rings. The second-order valence-electron chi connectivity index (χ2n) is 9.14. The van der Waals surface area contributed by atoms with Gasteiger partial charge < -0.3 is 29.0 Å². The zero-order valence-corrected chi connectivity index (χ0v) is 21.3. The molecule has 16 heteroatoms. The molecule has 2 aromatic carbocycles. The molecule has 4 rings (SSSR count). The second-order valence-corrected chi connectivity index (χ2v) is 9.14. The van der Waals surface area contributed by atoms with E-state index < -0.39 is 41.1 Å². The molecule has 0 bridgehead atoms. The minimum absolute atomic E-state index is 0.0932. The number of quaternary nitrogens is 1. The van der Waals surface area contributed by atoms with Crippen molar-refractivity contribution in [2.75, 3.05) is 32.8 Å². The summed E-state index contributed by atoms with van der Waals surface area (Å²) in [5, 5.41) is 35.5. The second kappa shape index (κ2) is 10.4. The number of rotatable bonds is 9. The molecule has 13 nitrogen and oxygen atoms in total. The Hall–Kier alpha value is -3.86. The quantitative estimate of drug-likeness (QED) is 0.213. The first kappa shape index (κ1) is 28.2. The van der Waals surface area contributed by atoms with E-state index in [-0.39, 0.29) is 28.4 Å². The number of methoxy groups -OCH3 is 2. The van der Waals surface area contributed by atoms with Crippen molar-refractivity contribution < 1.29 is 46.8 Å². The highest BCUT2D eigenvalue weighted by atomic mass is 19.4. The number of halogens is 3. The minimum atomic E-state index is -4.89. The lowest BCUT2D eigenvalue weighted by Gasteiger charge is -2.49. The first-order valence-corrected chi connectivity index (χ1v) is 11.5. The molecule has 2 aliphatic rings. The number of anilines is 1. The number of non-ortho nitro benzene ring substituents is 1. The fraction of sp³-hybridized carbons (Fsp3) is 0.435. The molecule has 0 radical (unpaired) electrons. The lowest BCUT2D eigenvalue weighted by Crippen LogP contribution is -2.63. The van der Waals surface area contributed by atoms with Crippen LogP contribution in [0.2, 0.25) is 0 Å². The first-order valence-electron chi connectivity index (χ1n) is 11.5. The molecule has 0 aromatic heterocycles. The molecule has 0 saturated heterocycles. The zero-order valence-electron chi connectivity index (χ0n) is 21.3. The van der Waals surface area contributed by atoms with E-state index in [1.807, 2.05) is 0 Å². The van der Waals surface area contributed by atoms with Crippen molar-refractivity contribution in [3.05, 3.63) is 58.1 Å². The third-order valence-electron chi connectivity index (χ3n) is 6.39. The van der Waals surface area contributed by atoms with Crippen molar-refractivity contribution in [3.8, 4) is 11.5 Å². The standard InChI is InChI=1S/C23H26F3N6O7/c1-22(21(36-3)37-4)20(33)19(17-11-15(31(34)35)7-10-18(17)39-22)30(13-32(2)28-12-27-29-32)14-5-8-16(9-6-14)38-23(24,25)26/h5-12,19-21,33H,13H2,1-4H3/q+1/t19-,20+,22-,32?/m0/s1. The van der Waals surface area contributed by atoms with Gasteiger partial charge in [-0.05, 0) is 47.1 Å². The van der Waals surface area contributed by atoms with Crippen LogP contribution in [0.15, 0.2) is 57.9 Å². The van der Waals surface area contributed by atoms with E-state index in [2.05, 4.69) is 20.2 Å². The number of nitrogens with zero attached hydrogens (tertiary/aromatic N) is 6. The van der Waals surface area contributed by atoms with Crippen LogP contribution in [-0.4, -0.2) is 73.4 Å². The van der Waals surface area contributed by atoms with Crippen LogP contribution >= 0.6 is 0 Å². The van der Waals surface area contributed by atoms with Crippen molar-refractivity contribution >= 4 is 17.7 Å². The van der Waals surface area contributed by atoms with Crippen LogP contribution in [0.25, 0.3) is 0 Å². The van der Waals surface area contributed by atoms with E-state index in [1.54, 1.807) is 18.9 Å². The first-order chi connectivity index (χ1) is 18.3. The van der Waals surface area contributed by atoms with Gasteiger partial charge in [0.25, 0.3) is 5.69 Å². The van der Waals surface area contributed by atoms with Gasteiger partial charge in [-0.25, -0.2) is 0 Å². The number of nitro benzene ring substituents is 1. The summed E-state index contributed by atoms with van der Waals surface area (Å²) in [5.74, 6) is -0.258. The Balaban J connectivity index is 1.89. The molecule has 1 unspecified atom stereocenters. The molecule has 1 N–H and O–H groups in total. The normalized spacial score (nSPS) is 25.9. The minimum Gasteiger partial charge on any atom is -0.479 e. The van der Waals surface area contributed by atoms with Gasteiger partial charge >= 0.3 is 6.36 Å². The summed E-state index contributed by atoms with van der Waals surface area (Å²) >= 11 is 0. The van der Waals surface area contributed by atoms with Gasteiger partial charge in [-0.2, -0.15) is 0 Å². The number of ether oxygens (including phenoxy) is 4. The molecule has 0 saturated carbocycles. The van der Waals surface area contributed by atoms with Crippen LogP contribution in [0, 0.1) is 10.1 Å². The van der Waals surface area contributed by atoms with Gasteiger partial charge in [0.2, 0.25) is 13.0 Å². The average molecular weight is 555 g/mol.